The number of rotatable bonds is 8. The molecule has 0 aromatic carbocycles. The molecule has 0 bridgehead atoms. The third-order valence-electron chi connectivity index (χ3n) is 5.04. The molecule has 1 aliphatic rings. The van der Waals surface area contributed by atoms with Gasteiger partial charge in [-0.2, -0.15) is 0 Å². The predicted molar refractivity (Wildman–Crippen MR) is 90.5 cm³/mol. The first-order chi connectivity index (χ1) is 9.77. The minimum atomic E-state index is -2.89. The summed E-state index contributed by atoms with van der Waals surface area (Å²) in [6.45, 7) is 13.4. The van der Waals surface area contributed by atoms with Gasteiger partial charge in [-0.3, -0.25) is 4.90 Å². The van der Waals surface area contributed by atoms with Gasteiger partial charge in [0, 0.05) is 37.0 Å². The van der Waals surface area contributed by atoms with Gasteiger partial charge in [-0.15, -0.1) is 0 Å². The topological polar surface area (TPSA) is 49.4 Å². The highest BCUT2D eigenvalue weighted by atomic mass is 32.2. The molecule has 0 amide bonds. The summed E-state index contributed by atoms with van der Waals surface area (Å²) in [5.74, 6) is 1.21. The van der Waals surface area contributed by atoms with Crippen molar-refractivity contribution in [3.63, 3.8) is 0 Å². The molecular weight excluding hydrogens is 284 g/mol. The second kappa shape index (κ2) is 7.93. The van der Waals surface area contributed by atoms with Crippen LogP contribution in [0.3, 0.4) is 0 Å². The van der Waals surface area contributed by atoms with Gasteiger partial charge in [0.1, 0.15) is 0 Å². The standard InChI is InChI=1S/C16H34N2O2S/c1-6-10-21(19,20)11-9-18-13-16(5,8-3)17-12-15(18)14(4)7-2/h14-15,17H,6-13H2,1-5H3. The van der Waals surface area contributed by atoms with E-state index in [4.69, 9.17) is 0 Å². The summed E-state index contributed by atoms with van der Waals surface area (Å²) in [7, 11) is -2.89. The van der Waals surface area contributed by atoms with Crippen molar-refractivity contribution in [1.82, 2.24) is 10.2 Å². The normalized spacial score (nSPS) is 29.5. The van der Waals surface area contributed by atoms with Crippen molar-refractivity contribution in [2.24, 2.45) is 5.92 Å². The number of hydrogen-bond acceptors (Lipinski definition) is 4. The number of nitrogens with zero attached hydrogens (tertiary/aromatic N) is 1. The lowest BCUT2D eigenvalue weighted by molar-refractivity contribution is 0.0603. The molecule has 1 fully saturated rings. The van der Waals surface area contributed by atoms with Gasteiger partial charge in [0.05, 0.1) is 5.75 Å². The van der Waals surface area contributed by atoms with Crippen LogP contribution in [0.2, 0.25) is 0 Å². The maximum absolute atomic E-state index is 12.0. The van der Waals surface area contributed by atoms with E-state index >= 15 is 0 Å². The van der Waals surface area contributed by atoms with E-state index in [2.05, 4.69) is 37.9 Å². The molecule has 1 saturated heterocycles. The van der Waals surface area contributed by atoms with Gasteiger partial charge in [0.2, 0.25) is 0 Å². The Morgan fingerprint density at radius 1 is 1.29 bits per heavy atom. The van der Waals surface area contributed by atoms with Crippen molar-refractivity contribution in [3.05, 3.63) is 0 Å². The molecule has 0 spiro atoms. The van der Waals surface area contributed by atoms with Gasteiger partial charge in [-0.1, -0.05) is 34.1 Å². The van der Waals surface area contributed by atoms with Gasteiger partial charge in [0.25, 0.3) is 0 Å². The van der Waals surface area contributed by atoms with Crippen molar-refractivity contribution in [1.29, 1.82) is 0 Å². The quantitative estimate of drug-likeness (QED) is 0.746. The summed E-state index contributed by atoms with van der Waals surface area (Å²) in [6, 6.07) is 0.450. The summed E-state index contributed by atoms with van der Waals surface area (Å²) in [6.07, 6.45) is 2.91. The SMILES string of the molecule is CCCS(=O)(=O)CCN1CC(C)(CC)NCC1C(C)CC. The largest absolute Gasteiger partial charge is 0.309 e. The van der Waals surface area contributed by atoms with Gasteiger partial charge in [-0.25, -0.2) is 8.42 Å². The summed E-state index contributed by atoms with van der Waals surface area (Å²) >= 11 is 0. The van der Waals surface area contributed by atoms with Crippen LogP contribution in [0.1, 0.15) is 53.9 Å². The van der Waals surface area contributed by atoms with E-state index in [0.29, 0.717) is 36.4 Å². The van der Waals surface area contributed by atoms with E-state index < -0.39 is 9.84 Å². The smallest absolute Gasteiger partial charge is 0.151 e. The number of piperazine rings is 1. The molecule has 3 atom stereocenters. The maximum Gasteiger partial charge on any atom is 0.151 e. The lowest BCUT2D eigenvalue weighted by Crippen LogP contribution is -2.64. The lowest BCUT2D eigenvalue weighted by Gasteiger charge is -2.48. The first-order valence-corrected chi connectivity index (χ1v) is 10.3. The zero-order valence-electron chi connectivity index (χ0n) is 14.5. The zero-order chi connectivity index (χ0) is 16.1. The second-order valence-corrected chi connectivity index (χ2v) is 9.17. The highest BCUT2D eigenvalue weighted by Gasteiger charge is 2.36. The Labute approximate surface area is 131 Å². The van der Waals surface area contributed by atoms with Crippen molar-refractivity contribution >= 4 is 9.84 Å². The minimum absolute atomic E-state index is 0.110. The molecule has 1 aliphatic heterocycles. The molecule has 1 heterocycles. The average Bonchev–Trinajstić information content (AvgIpc) is 2.44. The van der Waals surface area contributed by atoms with Crippen molar-refractivity contribution in [2.45, 2.75) is 65.5 Å². The molecule has 0 aliphatic carbocycles. The average molecular weight is 319 g/mol. The molecule has 126 valence electrons. The van der Waals surface area contributed by atoms with Crippen molar-refractivity contribution in [3.8, 4) is 0 Å². The fraction of sp³-hybridized carbons (Fsp3) is 1.00. The Balaban J connectivity index is 2.75. The number of hydrogen-bond donors (Lipinski definition) is 1. The molecule has 1 N–H and O–H groups in total. The highest BCUT2D eigenvalue weighted by molar-refractivity contribution is 7.91. The molecule has 3 unspecified atom stereocenters. The molecule has 1 rings (SSSR count). The monoisotopic (exact) mass is 318 g/mol. The summed E-state index contributed by atoms with van der Waals surface area (Å²) in [5, 5.41) is 3.67. The van der Waals surface area contributed by atoms with Gasteiger partial charge in [-0.05, 0) is 25.7 Å². The van der Waals surface area contributed by atoms with E-state index in [1.54, 1.807) is 0 Å². The fourth-order valence-electron chi connectivity index (χ4n) is 3.09. The van der Waals surface area contributed by atoms with Crippen LogP contribution in [0.5, 0.6) is 0 Å². The van der Waals surface area contributed by atoms with Crippen LogP contribution in [-0.4, -0.2) is 56.0 Å². The maximum atomic E-state index is 12.0. The number of sulfone groups is 1. The Morgan fingerprint density at radius 2 is 1.95 bits per heavy atom. The molecule has 0 aromatic heterocycles. The van der Waals surface area contributed by atoms with E-state index in [0.717, 1.165) is 25.9 Å². The van der Waals surface area contributed by atoms with E-state index in [1.807, 2.05) is 6.92 Å². The first-order valence-electron chi connectivity index (χ1n) is 8.46. The first kappa shape index (κ1) is 18.9. The van der Waals surface area contributed by atoms with Crippen LogP contribution in [0.4, 0.5) is 0 Å². The number of nitrogens with one attached hydrogen (secondary N) is 1. The predicted octanol–water partition coefficient (Wildman–Crippen LogP) is 2.30. The van der Waals surface area contributed by atoms with Crippen LogP contribution in [0.15, 0.2) is 0 Å². The van der Waals surface area contributed by atoms with E-state index in [1.165, 1.54) is 0 Å². The second-order valence-electron chi connectivity index (χ2n) is 6.87. The van der Waals surface area contributed by atoms with Gasteiger partial charge < -0.3 is 5.32 Å². The lowest BCUT2D eigenvalue weighted by atomic mass is 9.88. The molecular formula is C16H34N2O2S. The van der Waals surface area contributed by atoms with Gasteiger partial charge in [0.15, 0.2) is 9.84 Å². The Kier molecular flexibility index (Phi) is 7.14. The van der Waals surface area contributed by atoms with Gasteiger partial charge >= 0.3 is 0 Å². The summed E-state index contributed by atoms with van der Waals surface area (Å²) in [5.41, 5.74) is 0.110. The fourth-order valence-corrected chi connectivity index (χ4v) is 4.42. The third-order valence-corrected chi connectivity index (χ3v) is 6.88. The molecule has 5 heteroatoms. The van der Waals surface area contributed by atoms with Crippen LogP contribution in [0.25, 0.3) is 0 Å². The molecule has 4 nitrogen and oxygen atoms in total. The van der Waals surface area contributed by atoms with Crippen LogP contribution in [0, 0.1) is 5.92 Å². The Morgan fingerprint density at radius 3 is 2.48 bits per heavy atom. The summed E-state index contributed by atoms with van der Waals surface area (Å²) < 4.78 is 24.0. The van der Waals surface area contributed by atoms with Crippen LogP contribution < -0.4 is 5.32 Å². The van der Waals surface area contributed by atoms with Crippen molar-refractivity contribution < 1.29 is 8.42 Å². The van der Waals surface area contributed by atoms with Crippen LogP contribution in [-0.2, 0) is 9.84 Å². The van der Waals surface area contributed by atoms with Crippen molar-refractivity contribution in [2.75, 3.05) is 31.1 Å². The zero-order valence-corrected chi connectivity index (χ0v) is 15.3. The molecule has 0 saturated carbocycles. The molecule has 0 aromatic rings. The third kappa shape index (κ3) is 5.53. The highest BCUT2D eigenvalue weighted by Crippen LogP contribution is 2.24. The molecule has 21 heavy (non-hydrogen) atoms. The molecule has 0 radical (unpaired) electrons. The van der Waals surface area contributed by atoms with Crippen LogP contribution >= 0.6 is 0 Å². The Hall–Kier alpha value is -0.130. The minimum Gasteiger partial charge on any atom is -0.309 e. The van der Waals surface area contributed by atoms with E-state index in [-0.39, 0.29) is 5.54 Å². The van der Waals surface area contributed by atoms with E-state index in [9.17, 15) is 8.42 Å². The summed E-state index contributed by atoms with van der Waals surface area (Å²) in [4.78, 5) is 2.42. The Bertz CT molecular complexity index is 411.